The first kappa shape index (κ1) is 20.2. The Labute approximate surface area is 147 Å². The Morgan fingerprint density at radius 3 is 2.54 bits per heavy atom. The maximum absolute atomic E-state index is 12.8. The van der Waals surface area contributed by atoms with Crippen LogP contribution < -0.4 is 15.4 Å². The lowest BCUT2D eigenvalue weighted by atomic mass is 10.0. The van der Waals surface area contributed by atoms with Gasteiger partial charge >= 0.3 is 12.2 Å². The van der Waals surface area contributed by atoms with Crippen molar-refractivity contribution in [1.29, 1.82) is 0 Å². The van der Waals surface area contributed by atoms with E-state index < -0.39 is 30.2 Å². The molecule has 0 radical (unpaired) electrons. The average Bonchev–Trinajstić information content (AvgIpc) is 3.32. The molecule has 0 atom stereocenters. The summed E-state index contributed by atoms with van der Waals surface area (Å²) in [5.41, 5.74) is -1.10. The number of nitrogens with one attached hydrogen (secondary N) is 2. The zero-order valence-corrected chi connectivity index (χ0v) is 14.1. The first-order valence-corrected chi connectivity index (χ1v) is 8.05. The van der Waals surface area contributed by atoms with Crippen LogP contribution in [0.5, 0.6) is 5.88 Å². The fraction of sp³-hybridized carbons (Fsp3) is 0.625. The van der Waals surface area contributed by atoms with Gasteiger partial charge in [-0.05, 0) is 30.9 Å². The van der Waals surface area contributed by atoms with Crippen LogP contribution in [0.25, 0.3) is 0 Å². The molecular weight excluding hydrogens is 361 g/mol. The Balaban J connectivity index is 1.72. The third kappa shape index (κ3) is 5.99. The predicted octanol–water partition coefficient (Wildman–Crippen LogP) is 3.65. The molecule has 2 rings (SSSR count). The van der Waals surface area contributed by atoms with Gasteiger partial charge in [-0.3, -0.25) is 0 Å². The SMILES string of the molecule is CC(F)(F)COc1cc(CNC(=O)NCCC2(C(F)(F)F)CC2)ccn1. The molecule has 0 aromatic carbocycles. The zero-order chi connectivity index (χ0) is 19.4. The van der Waals surface area contributed by atoms with E-state index in [4.69, 9.17) is 4.74 Å². The molecular formula is C16H20F5N3O2. The number of rotatable bonds is 8. The maximum Gasteiger partial charge on any atom is 0.394 e. The molecule has 2 amide bonds. The Morgan fingerprint density at radius 2 is 1.96 bits per heavy atom. The number of urea groups is 1. The van der Waals surface area contributed by atoms with Crippen molar-refractivity contribution in [2.75, 3.05) is 13.2 Å². The number of pyridine rings is 1. The highest BCUT2D eigenvalue weighted by Gasteiger charge is 2.62. The van der Waals surface area contributed by atoms with Gasteiger partial charge in [-0.2, -0.15) is 13.2 Å². The number of alkyl halides is 5. The Hall–Kier alpha value is -2.13. The highest BCUT2D eigenvalue weighted by molar-refractivity contribution is 5.73. The van der Waals surface area contributed by atoms with Crippen LogP contribution in [0.15, 0.2) is 18.3 Å². The lowest BCUT2D eigenvalue weighted by Gasteiger charge is -2.19. The lowest BCUT2D eigenvalue weighted by Crippen LogP contribution is -2.37. The van der Waals surface area contributed by atoms with Crippen molar-refractivity contribution in [3.8, 4) is 5.88 Å². The minimum absolute atomic E-state index is 0.00733. The van der Waals surface area contributed by atoms with Crippen LogP contribution in [0.3, 0.4) is 0 Å². The van der Waals surface area contributed by atoms with Crippen molar-refractivity contribution in [1.82, 2.24) is 15.6 Å². The normalized spacial score (nSPS) is 16.1. The van der Waals surface area contributed by atoms with Gasteiger partial charge in [-0.15, -0.1) is 0 Å². The summed E-state index contributed by atoms with van der Waals surface area (Å²) in [4.78, 5) is 15.5. The van der Waals surface area contributed by atoms with Gasteiger partial charge in [-0.25, -0.2) is 18.6 Å². The van der Waals surface area contributed by atoms with E-state index in [1.54, 1.807) is 6.07 Å². The van der Waals surface area contributed by atoms with Gasteiger partial charge < -0.3 is 15.4 Å². The van der Waals surface area contributed by atoms with Gasteiger partial charge in [0.15, 0.2) is 6.61 Å². The third-order valence-electron chi connectivity index (χ3n) is 4.07. The van der Waals surface area contributed by atoms with Gasteiger partial charge in [-0.1, -0.05) is 0 Å². The van der Waals surface area contributed by atoms with Crippen LogP contribution in [-0.4, -0.2) is 36.3 Å². The summed E-state index contributed by atoms with van der Waals surface area (Å²) in [6.07, 6.45) is -2.86. The van der Waals surface area contributed by atoms with Gasteiger partial charge in [0, 0.05) is 32.3 Å². The maximum atomic E-state index is 12.8. The number of amides is 2. The minimum atomic E-state index is -4.24. The van der Waals surface area contributed by atoms with Crippen molar-refractivity contribution < 1.29 is 31.5 Å². The zero-order valence-electron chi connectivity index (χ0n) is 14.1. The smallest absolute Gasteiger partial charge is 0.394 e. The molecule has 1 aliphatic carbocycles. The molecule has 1 aromatic rings. The highest BCUT2D eigenvalue weighted by Crippen LogP contribution is 2.59. The lowest BCUT2D eigenvalue weighted by molar-refractivity contribution is -0.188. The van der Waals surface area contributed by atoms with Crippen molar-refractivity contribution in [3.63, 3.8) is 0 Å². The Morgan fingerprint density at radius 1 is 1.27 bits per heavy atom. The molecule has 2 N–H and O–H groups in total. The summed E-state index contributed by atoms with van der Waals surface area (Å²) in [6.45, 7) is -0.134. The molecule has 1 aromatic heterocycles. The molecule has 26 heavy (non-hydrogen) atoms. The van der Waals surface area contributed by atoms with Crippen molar-refractivity contribution in [2.24, 2.45) is 5.41 Å². The summed E-state index contributed by atoms with van der Waals surface area (Å²) in [6, 6.07) is 2.34. The number of halogens is 5. The molecule has 1 fully saturated rings. The molecule has 1 aliphatic rings. The molecule has 0 aliphatic heterocycles. The summed E-state index contributed by atoms with van der Waals surface area (Å²) in [5.74, 6) is -3.00. The third-order valence-corrected chi connectivity index (χ3v) is 4.07. The van der Waals surface area contributed by atoms with E-state index in [0.717, 1.165) is 0 Å². The summed E-state index contributed by atoms with van der Waals surface area (Å²) < 4.78 is 68.7. The standard InChI is InChI=1S/C16H20F5N3O2/c1-14(17,18)10-26-12-8-11(2-6-22-12)9-24-13(25)23-7-5-15(3-4-15)16(19,20)21/h2,6,8H,3-5,7,9-10H2,1H3,(H2,23,24,25). The van der Waals surface area contributed by atoms with Crippen molar-refractivity contribution in [3.05, 3.63) is 23.9 Å². The fourth-order valence-electron chi connectivity index (χ4n) is 2.33. The fourth-order valence-corrected chi connectivity index (χ4v) is 2.33. The van der Waals surface area contributed by atoms with E-state index in [1.165, 1.54) is 12.3 Å². The molecule has 146 valence electrons. The van der Waals surface area contributed by atoms with Gasteiger partial charge in [0.25, 0.3) is 5.92 Å². The molecule has 0 spiro atoms. The topological polar surface area (TPSA) is 63.2 Å². The molecule has 0 saturated heterocycles. The average molecular weight is 381 g/mol. The largest absolute Gasteiger partial charge is 0.471 e. The van der Waals surface area contributed by atoms with Crippen LogP contribution >= 0.6 is 0 Å². The first-order valence-electron chi connectivity index (χ1n) is 8.05. The van der Waals surface area contributed by atoms with E-state index >= 15 is 0 Å². The Kier molecular flexibility index (Phi) is 5.92. The van der Waals surface area contributed by atoms with E-state index in [1.807, 2.05) is 0 Å². The van der Waals surface area contributed by atoms with Gasteiger partial charge in [0.1, 0.15) is 0 Å². The number of nitrogens with zero attached hydrogens (tertiary/aromatic N) is 1. The van der Waals surface area contributed by atoms with E-state index in [0.29, 0.717) is 12.5 Å². The molecule has 5 nitrogen and oxygen atoms in total. The molecule has 1 saturated carbocycles. The van der Waals surface area contributed by atoms with Crippen LogP contribution in [0.1, 0.15) is 31.7 Å². The van der Waals surface area contributed by atoms with E-state index in [2.05, 4.69) is 15.6 Å². The monoisotopic (exact) mass is 381 g/mol. The molecule has 0 unspecified atom stereocenters. The van der Waals surface area contributed by atoms with Crippen LogP contribution in [-0.2, 0) is 6.54 Å². The number of aromatic nitrogens is 1. The first-order chi connectivity index (χ1) is 12.0. The number of carbonyl (C=O) groups is 1. The second kappa shape index (κ2) is 7.63. The predicted molar refractivity (Wildman–Crippen MR) is 82.9 cm³/mol. The van der Waals surface area contributed by atoms with E-state index in [9.17, 15) is 26.7 Å². The number of carbonyl (C=O) groups excluding carboxylic acids is 1. The van der Waals surface area contributed by atoms with Crippen molar-refractivity contribution >= 4 is 6.03 Å². The minimum Gasteiger partial charge on any atom is -0.471 e. The number of hydrogen-bond acceptors (Lipinski definition) is 3. The summed E-state index contributed by atoms with van der Waals surface area (Å²) in [5, 5.41) is 4.87. The molecule has 10 heteroatoms. The van der Waals surface area contributed by atoms with Crippen LogP contribution in [0.4, 0.5) is 26.7 Å². The molecule has 0 bridgehead atoms. The van der Waals surface area contributed by atoms with Gasteiger partial charge in [0.2, 0.25) is 5.88 Å². The quantitative estimate of drug-likeness (QED) is 0.676. The highest BCUT2D eigenvalue weighted by atomic mass is 19.4. The van der Waals surface area contributed by atoms with Gasteiger partial charge in [0.05, 0.1) is 5.41 Å². The number of hydrogen-bond donors (Lipinski definition) is 2. The Bertz CT molecular complexity index is 627. The van der Waals surface area contributed by atoms with E-state index in [-0.39, 0.29) is 38.2 Å². The van der Waals surface area contributed by atoms with Crippen LogP contribution in [0, 0.1) is 5.41 Å². The second-order valence-corrected chi connectivity index (χ2v) is 6.50. The summed E-state index contributed by atoms with van der Waals surface area (Å²) in [7, 11) is 0. The van der Waals surface area contributed by atoms with Crippen LogP contribution in [0.2, 0.25) is 0 Å². The summed E-state index contributed by atoms with van der Waals surface area (Å²) >= 11 is 0. The van der Waals surface area contributed by atoms with Crippen molar-refractivity contribution in [2.45, 2.75) is 44.8 Å². The second-order valence-electron chi connectivity index (χ2n) is 6.50. The molecule has 1 heterocycles. The number of ether oxygens (including phenoxy) is 1.